The molecule has 3 aromatic rings. The highest BCUT2D eigenvalue weighted by atomic mass is 35.5. The van der Waals surface area contributed by atoms with Crippen molar-refractivity contribution in [3.8, 4) is 0 Å². The highest BCUT2D eigenvalue weighted by Crippen LogP contribution is 2.55. The molecule has 3 aliphatic rings. The number of rotatable bonds is 7. The molecular weight excluding hydrogens is 532 g/mol. The van der Waals surface area contributed by atoms with Crippen molar-refractivity contribution in [2.24, 2.45) is 5.41 Å². The first-order valence-corrected chi connectivity index (χ1v) is 14.2. The summed E-state index contributed by atoms with van der Waals surface area (Å²) >= 11 is 7.79. The van der Waals surface area contributed by atoms with Gasteiger partial charge >= 0.3 is 12.1 Å². The molecule has 1 fully saturated rings. The van der Waals surface area contributed by atoms with Gasteiger partial charge in [0.1, 0.15) is 11.4 Å². The molecule has 0 atom stereocenters. The number of halogens is 1. The monoisotopic (exact) mass is 558 g/mol. The van der Waals surface area contributed by atoms with Crippen LogP contribution in [0, 0.1) is 5.41 Å². The zero-order valence-corrected chi connectivity index (χ0v) is 22.8. The Morgan fingerprint density at radius 1 is 1.00 bits per heavy atom. The molecule has 0 spiro atoms. The first kappa shape index (κ1) is 25.6. The molecule has 6 rings (SSSR count). The number of anilines is 1. The standard InChI is InChI=1S/C31H27ClN2O4S/c32-24-16-25-26(34-30(37)38-18-19-4-2-1-3-5-19)27(39-28(25)33-17-24)22-8-6-20(7-9-22)21-10-12-23(13-11-21)31(14-15-31)29(35)36/h1-6,8,10,12,16-17H,7,9,11,13-15,18H2,(H,34,37)(H,35,36). The van der Waals surface area contributed by atoms with Gasteiger partial charge in [0.05, 0.1) is 21.0 Å². The summed E-state index contributed by atoms with van der Waals surface area (Å²) in [5.74, 6) is -0.692. The van der Waals surface area contributed by atoms with E-state index in [1.807, 2.05) is 42.5 Å². The van der Waals surface area contributed by atoms with Crippen LogP contribution in [-0.4, -0.2) is 22.2 Å². The van der Waals surface area contributed by atoms with Crippen LogP contribution < -0.4 is 5.32 Å². The van der Waals surface area contributed by atoms with Crippen LogP contribution in [-0.2, 0) is 16.1 Å². The first-order valence-electron chi connectivity index (χ1n) is 13.0. The van der Waals surface area contributed by atoms with E-state index >= 15 is 0 Å². The SMILES string of the molecule is O=C(Nc1c(C2=CC=C(C3=CC=C(C4(C(=O)O)CC4)CC3)CC2)sc2ncc(Cl)cc12)OCc1ccccc1. The summed E-state index contributed by atoms with van der Waals surface area (Å²) in [7, 11) is 0. The van der Waals surface area contributed by atoms with E-state index < -0.39 is 17.5 Å². The molecule has 2 N–H and O–H groups in total. The predicted octanol–water partition coefficient (Wildman–Crippen LogP) is 8.31. The number of fused-ring (bicyclic) bond motifs is 1. The minimum atomic E-state index is -0.692. The second-order valence-electron chi connectivity index (χ2n) is 10.2. The van der Waals surface area contributed by atoms with E-state index in [1.54, 1.807) is 6.20 Å². The number of ether oxygens (including phenoxy) is 1. The topological polar surface area (TPSA) is 88.5 Å². The van der Waals surface area contributed by atoms with Gasteiger partial charge in [-0.2, -0.15) is 0 Å². The molecule has 0 aliphatic heterocycles. The van der Waals surface area contributed by atoms with E-state index in [4.69, 9.17) is 16.3 Å². The van der Waals surface area contributed by atoms with E-state index in [9.17, 15) is 14.7 Å². The van der Waals surface area contributed by atoms with E-state index in [0.29, 0.717) is 10.7 Å². The average Bonchev–Trinajstić information content (AvgIpc) is 3.71. The summed E-state index contributed by atoms with van der Waals surface area (Å²) in [6, 6.07) is 11.4. The van der Waals surface area contributed by atoms with Gasteiger partial charge in [0.15, 0.2) is 0 Å². The van der Waals surface area contributed by atoms with Crippen LogP contribution in [0.15, 0.2) is 83.6 Å². The van der Waals surface area contributed by atoms with Crippen LogP contribution in [0.3, 0.4) is 0 Å². The number of amides is 1. The fraction of sp³-hybridized carbons (Fsp3) is 0.258. The third kappa shape index (κ3) is 5.16. The van der Waals surface area contributed by atoms with Gasteiger partial charge < -0.3 is 9.84 Å². The van der Waals surface area contributed by atoms with E-state index in [-0.39, 0.29) is 6.61 Å². The first-order chi connectivity index (χ1) is 18.9. The highest BCUT2D eigenvalue weighted by Gasteiger charge is 2.52. The summed E-state index contributed by atoms with van der Waals surface area (Å²) in [4.78, 5) is 30.7. The zero-order chi connectivity index (χ0) is 27.0. The second-order valence-corrected chi connectivity index (χ2v) is 11.6. The van der Waals surface area contributed by atoms with Crippen molar-refractivity contribution in [2.45, 2.75) is 45.1 Å². The lowest BCUT2D eigenvalue weighted by Gasteiger charge is -2.23. The summed E-state index contributed by atoms with van der Waals surface area (Å²) in [5.41, 5.74) is 5.67. The van der Waals surface area contributed by atoms with Gasteiger partial charge in [0, 0.05) is 11.6 Å². The van der Waals surface area contributed by atoms with Gasteiger partial charge in [-0.15, -0.1) is 11.3 Å². The Hall–Kier alpha value is -3.68. The van der Waals surface area contributed by atoms with Crippen molar-refractivity contribution in [2.75, 3.05) is 5.32 Å². The van der Waals surface area contributed by atoms with Crippen molar-refractivity contribution in [3.63, 3.8) is 0 Å². The number of nitrogens with one attached hydrogen (secondary N) is 1. The molecule has 2 heterocycles. The number of carbonyl (C=O) groups excluding carboxylic acids is 1. The smallest absolute Gasteiger partial charge is 0.412 e. The lowest BCUT2D eigenvalue weighted by Crippen LogP contribution is -2.18. The van der Waals surface area contributed by atoms with Crippen LogP contribution in [0.25, 0.3) is 15.8 Å². The number of hydrogen-bond acceptors (Lipinski definition) is 5. The van der Waals surface area contributed by atoms with Crippen LogP contribution in [0.5, 0.6) is 0 Å². The molecule has 1 aromatic carbocycles. The largest absolute Gasteiger partial charge is 0.481 e. The minimum Gasteiger partial charge on any atom is -0.481 e. The number of benzene rings is 1. The minimum absolute atomic E-state index is 0.177. The van der Waals surface area contributed by atoms with Crippen LogP contribution in [0.4, 0.5) is 10.5 Å². The van der Waals surface area contributed by atoms with E-state index in [1.165, 1.54) is 22.5 Å². The molecule has 198 valence electrons. The fourth-order valence-electron chi connectivity index (χ4n) is 5.36. The quantitative estimate of drug-likeness (QED) is 0.304. The number of nitrogens with zero attached hydrogens (tertiary/aromatic N) is 1. The molecule has 6 nitrogen and oxygen atoms in total. The number of allylic oxidation sites excluding steroid dienone is 7. The predicted molar refractivity (Wildman–Crippen MR) is 155 cm³/mol. The fourth-order valence-corrected chi connectivity index (χ4v) is 6.66. The van der Waals surface area contributed by atoms with Crippen molar-refractivity contribution >= 4 is 56.5 Å². The number of pyridine rings is 1. The Bertz CT molecular complexity index is 1600. The Morgan fingerprint density at radius 3 is 2.33 bits per heavy atom. The van der Waals surface area contributed by atoms with Crippen molar-refractivity contribution in [1.29, 1.82) is 0 Å². The highest BCUT2D eigenvalue weighted by molar-refractivity contribution is 7.20. The Morgan fingerprint density at radius 2 is 1.69 bits per heavy atom. The molecule has 0 bridgehead atoms. The van der Waals surface area contributed by atoms with Crippen molar-refractivity contribution in [1.82, 2.24) is 4.98 Å². The number of thiophene rings is 1. The number of carboxylic acids is 1. The molecule has 0 radical (unpaired) electrons. The molecular formula is C31H27ClN2O4S. The maximum Gasteiger partial charge on any atom is 0.412 e. The van der Waals surface area contributed by atoms with E-state index in [0.717, 1.165) is 70.3 Å². The number of aliphatic carboxylic acids is 1. The van der Waals surface area contributed by atoms with Gasteiger partial charge in [-0.3, -0.25) is 10.1 Å². The summed E-state index contributed by atoms with van der Waals surface area (Å²) in [6.07, 6.45) is 14.3. The third-order valence-electron chi connectivity index (χ3n) is 7.73. The van der Waals surface area contributed by atoms with Crippen LogP contribution >= 0.6 is 22.9 Å². The number of hydrogen-bond donors (Lipinski definition) is 2. The maximum atomic E-state index is 12.8. The normalized spacial score (nSPS) is 18.0. The summed E-state index contributed by atoms with van der Waals surface area (Å²) in [6.45, 7) is 0.177. The number of carbonyl (C=O) groups is 2. The molecule has 39 heavy (non-hydrogen) atoms. The Labute approximate surface area is 235 Å². The Kier molecular flexibility index (Phi) is 6.87. The molecule has 0 unspecified atom stereocenters. The molecule has 3 aliphatic carbocycles. The zero-order valence-electron chi connectivity index (χ0n) is 21.2. The third-order valence-corrected chi connectivity index (χ3v) is 9.13. The van der Waals surface area contributed by atoms with Crippen LogP contribution in [0.1, 0.15) is 49.0 Å². The van der Waals surface area contributed by atoms with Crippen LogP contribution in [0.2, 0.25) is 5.02 Å². The molecule has 2 aromatic heterocycles. The van der Waals surface area contributed by atoms with Crippen molar-refractivity contribution in [3.05, 3.63) is 99.1 Å². The lowest BCUT2D eigenvalue weighted by molar-refractivity contribution is -0.141. The molecule has 1 saturated carbocycles. The van der Waals surface area contributed by atoms with Crippen molar-refractivity contribution < 1.29 is 19.4 Å². The van der Waals surface area contributed by atoms with Gasteiger partial charge in [-0.1, -0.05) is 71.8 Å². The van der Waals surface area contributed by atoms with Gasteiger partial charge in [0.25, 0.3) is 0 Å². The molecule has 0 saturated heterocycles. The molecule has 8 heteroatoms. The van der Waals surface area contributed by atoms with E-state index in [2.05, 4.69) is 28.5 Å². The van der Waals surface area contributed by atoms with Gasteiger partial charge in [-0.05, 0) is 66.9 Å². The maximum absolute atomic E-state index is 12.8. The average molecular weight is 559 g/mol. The second kappa shape index (κ2) is 10.5. The number of aromatic nitrogens is 1. The summed E-state index contributed by atoms with van der Waals surface area (Å²) in [5, 5.41) is 13.9. The molecule has 1 amide bonds. The van der Waals surface area contributed by atoms with Gasteiger partial charge in [-0.25, -0.2) is 9.78 Å². The Balaban J connectivity index is 1.24. The summed E-state index contributed by atoms with van der Waals surface area (Å²) < 4.78 is 5.49. The number of carboxylic acid groups (broad SMARTS) is 1. The van der Waals surface area contributed by atoms with Gasteiger partial charge in [0.2, 0.25) is 0 Å². The lowest BCUT2D eigenvalue weighted by atomic mass is 9.82.